The number of hydrogen-bond acceptors (Lipinski definition) is 7. The van der Waals surface area contributed by atoms with E-state index >= 15 is 0 Å². The van der Waals surface area contributed by atoms with Crippen LogP contribution in [0.2, 0.25) is 0 Å². The standard InChI is InChI=1S/C21H20N2O7/c1-12(22-20(26)14-6-4-3-5-7-14)21(27)28-10-19(25)23-16-9-18-17(29-11-30-18)8-15(16)13(2)24/h3-9,12H,10-11H2,1-2H3,(H,22,26)(H,23,25)/t12-/m0/s1. The van der Waals surface area contributed by atoms with Crippen LogP contribution >= 0.6 is 0 Å². The van der Waals surface area contributed by atoms with Crippen LogP contribution in [0.15, 0.2) is 42.5 Å². The molecular formula is C21H20N2O7. The lowest BCUT2D eigenvalue weighted by atomic mass is 10.1. The number of esters is 1. The fourth-order valence-electron chi connectivity index (χ4n) is 2.71. The Kier molecular flexibility index (Phi) is 6.31. The van der Waals surface area contributed by atoms with Gasteiger partial charge in [0, 0.05) is 17.2 Å². The van der Waals surface area contributed by atoms with Gasteiger partial charge in [-0.1, -0.05) is 18.2 Å². The van der Waals surface area contributed by atoms with Gasteiger partial charge >= 0.3 is 5.97 Å². The first-order chi connectivity index (χ1) is 14.3. The third-order valence-electron chi connectivity index (χ3n) is 4.25. The smallest absolute Gasteiger partial charge is 0.328 e. The Labute approximate surface area is 172 Å². The molecule has 1 atom stereocenters. The fraction of sp³-hybridized carbons (Fsp3) is 0.238. The first-order valence-corrected chi connectivity index (χ1v) is 9.12. The number of rotatable bonds is 7. The minimum absolute atomic E-state index is 0.0221. The molecule has 30 heavy (non-hydrogen) atoms. The summed E-state index contributed by atoms with van der Waals surface area (Å²) in [7, 11) is 0. The number of nitrogens with one attached hydrogen (secondary N) is 2. The molecule has 0 spiro atoms. The summed E-state index contributed by atoms with van der Waals surface area (Å²) >= 11 is 0. The number of carbonyl (C=O) groups is 4. The molecular weight excluding hydrogens is 392 g/mol. The Morgan fingerprint density at radius 2 is 1.73 bits per heavy atom. The molecule has 0 bridgehead atoms. The molecule has 0 saturated heterocycles. The molecule has 0 aliphatic carbocycles. The summed E-state index contributed by atoms with van der Waals surface area (Å²) < 4.78 is 15.4. The van der Waals surface area contributed by atoms with Gasteiger partial charge in [0.05, 0.1) is 5.69 Å². The van der Waals surface area contributed by atoms with Crippen LogP contribution in [0.4, 0.5) is 5.69 Å². The molecule has 1 aliphatic rings. The first-order valence-electron chi connectivity index (χ1n) is 9.12. The van der Waals surface area contributed by atoms with E-state index in [1.54, 1.807) is 30.3 Å². The number of carbonyl (C=O) groups excluding carboxylic acids is 4. The summed E-state index contributed by atoms with van der Waals surface area (Å²) in [6, 6.07) is 10.4. The van der Waals surface area contributed by atoms with Gasteiger partial charge in [0.25, 0.3) is 11.8 Å². The molecule has 2 aromatic carbocycles. The van der Waals surface area contributed by atoms with Crippen molar-refractivity contribution in [1.82, 2.24) is 5.32 Å². The molecule has 3 rings (SSSR count). The maximum absolute atomic E-state index is 12.2. The Balaban J connectivity index is 1.55. The highest BCUT2D eigenvalue weighted by molar-refractivity contribution is 6.05. The van der Waals surface area contributed by atoms with Crippen molar-refractivity contribution in [2.75, 3.05) is 18.7 Å². The predicted octanol–water partition coefficient (Wildman–Crippen LogP) is 1.92. The van der Waals surface area contributed by atoms with E-state index in [-0.39, 0.29) is 23.8 Å². The quantitative estimate of drug-likeness (QED) is 0.527. The van der Waals surface area contributed by atoms with Gasteiger partial charge in [-0.2, -0.15) is 0 Å². The molecule has 0 fully saturated rings. The van der Waals surface area contributed by atoms with Crippen molar-refractivity contribution in [3.63, 3.8) is 0 Å². The average molecular weight is 412 g/mol. The van der Waals surface area contributed by atoms with Crippen LogP contribution in [-0.2, 0) is 14.3 Å². The van der Waals surface area contributed by atoms with Crippen molar-refractivity contribution in [1.29, 1.82) is 0 Å². The first kappa shape index (κ1) is 20.8. The molecule has 2 amide bonds. The predicted molar refractivity (Wildman–Crippen MR) is 106 cm³/mol. The van der Waals surface area contributed by atoms with Crippen LogP contribution in [0.1, 0.15) is 34.6 Å². The number of ketones is 1. The van der Waals surface area contributed by atoms with E-state index in [2.05, 4.69) is 10.6 Å². The lowest BCUT2D eigenvalue weighted by Gasteiger charge is -2.14. The third-order valence-corrected chi connectivity index (χ3v) is 4.25. The number of ether oxygens (including phenoxy) is 3. The minimum atomic E-state index is -0.955. The molecule has 2 N–H and O–H groups in total. The van der Waals surface area contributed by atoms with Crippen molar-refractivity contribution < 1.29 is 33.4 Å². The number of amides is 2. The topological polar surface area (TPSA) is 120 Å². The van der Waals surface area contributed by atoms with E-state index in [4.69, 9.17) is 14.2 Å². The lowest BCUT2D eigenvalue weighted by Crippen LogP contribution is -2.40. The minimum Gasteiger partial charge on any atom is -0.454 e. The second-order valence-electron chi connectivity index (χ2n) is 6.52. The molecule has 156 valence electrons. The Morgan fingerprint density at radius 1 is 1.07 bits per heavy atom. The van der Waals surface area contributed by atoms with Gasteiger partial charge < -0.3 is 24.8 Å². The van der Waals surface area contributed by atoms with Crippen LogP contribution in [0, 0.1) is 0 Å². The van der Waals surface area contributed by atoms with Gasteiger partial charge in [0.15, 0.2) is 23.9 Å². The number of hydrogen-bond donors (Lipinski definition) is 2. The molecule has 9 nitrogen and oxygen atoms in total. The molecule has 1 heterocycles. The van der Waals surface area contributed by atoms with Crippen LogP contribution in [0.5, 0.6) is 11.5 Å². The van der Waals surface area contributed by atoms with E-state index in [1.165, 1.54) is 26.0 Å². The lowest BCUT2D eigenvalue weighted by molar-refractivity contribution is -0.148. The number of benzene rings is 2. The van der Waals surface area contributed by atoms with Crippen molar-refractivity contribution >= 4 is 29.3 Å². The van der Waals surface area contributed by atoms with E-state index in [9.17, 15) is 19.2 Å². The zero-order valence-electron chi connectivity index (χ0n) is 16.4. The van der Waals surface area contributed by atoms with Crippen LogP contribution < -0.4 is 20.1 Å². The van der Waals surface area contributed by atoms with Crippen molar-refractivity contribution in [2.24, 2.45) is 0 Å². The molecule has 9 heteroatoms. The number of fused-ring (bicyclic) bond motifs is 1. The molecule has 0 saturated carbocycles. The number of Topliss-reactive ketones (excluding diaryl/α,β-unsaturated/α-hetero) is 1. The van der Waals surface area contributed by atoms with Crippen molar-refractivity contribution in [3.05, 3.63) is 53.6 Å². The zero-order valence-corrected chi connectivity index (χ0v) is 16.4. The highest BCUT2D eigenvalue weighted by Gasteiger charge is 2.22. The van der Waals surface area contributed by atoms with Gasteiger partial charge in [-0.25, -0.2) is 4.79 Å². The van der Waals surface area contributed by atoms with Gasteiger partial charge in [0.1, 0.15) is 6.04 Å². The Morgan fingerprint density at radius 3 is 2.40 bits per heavy atom. The van der Waals surface area contributed by atoms with Gasteiger partial charge in [-0.3, -0.25) is 14.4 Å². The molecule has 0 aromatic heterocycles. The molecule has 2 aromatic rings. The Bertz CT molecular complexity index is 988. The Hall–Kier alpha value is -3.88. The summed E-state index contributed by atoms with van der Waals surface area (Å²) in [4.78, 5) is 48.2. The molecule has 0 radical (unpaired) electrons. The average Bonchev–Trinajstić information content (AvgIpc) is 3.19. The van der Waals surface area contributed by atoms with Gasteiger partial charge in [0.2, 0.25) is 6.79 Å². The summed E-state index contributed by atoms with van der Waals surface area (Å²) in [6.45, 7) is 2.24. The second-order valence-corrected chi connectivity index (χ2v) is 6.52. The monoisotopic (exact) mass is 412 g/mol. The maximum atomic E-state index is 12.2. The zero-order chi connectivity index (χ0) is 21.7. The van der Waals surface area contributed by atoms with Crippen LogP contribution in [0.3, 0.4) is 0 Å². The fourth-order valence-corrected chi connectivity index (χ4v) is 2.71. The maximum Gasteiger partial charge on any atom is 0.328 e. The summed E-state index contributed by atoms with van der Waals surface area (Å²) in [6.07, 6.45) is 0. The van der Waals surface area contributed by atoms with E-state index < -0.39 is 30.4 Å². The summed E-state index contributed by atoms with van der Waals surface area (Å²) in [5.74, 6) is -1.33. The van der Waals surface area contributed by atoms with Crippen LogP contribution in [-0.4, -0.2) is 43.0 Å². The summed E-state index contributed by atoms with van der Waals surface area (Å²) in [5, 5.41) is 5.02. The van der Waals surface area contributed by atoms with Crippen molar-refractivity contribution in [2.45, 2.75) is 19.9 Å². The second kappa shape index (κ2) is 9.08. The SMILES string of the molecule is CC(=O)c1cc2c(cc1NC(=O)COC(=O)[C@H](C)NC(=O)c1ccccc1)OCO2. The summed E-state index contributed by atoms with van der Waals surface area (Å²) in [5.41, 5.74) is 0.857. The van der Waals surface area contributed by atoms with Gasteiger partial charge in [-0.05, 0) is 32.0 Å². The van der Waals surface area contributed by atoms with E-state index in [1.807, 2.05) is 0 Å². The third kappa shape index (κ3) is 4.93. The van der Waals surface area contributed by atoms with E-state index in [0.717, 1.165) is 0 Å². The highest BCUT2D eigenvalue weighted by Crippen LogP contribution is 2.37. The molecule has 1 aliphatic heterocycles. The van der Waals surface area contributed by atoms with Gasteiger partial charge in [-0.15, -0.1) is 0 Å². The largest absolute Gasteiger partial charge is 0.454 e. The van der Waals surface area contributed by atoms with Crippen LogP contribution in [0.25, 0.3) is 0 Å². The highest BCUT2D eigenvalue weighted by atomic mass is 16.7. The molecule has 0 unspecified atom stereocenters. The normalized spacial score (nSPS) is 12.6. The van der Waals surface area contributed by atoms with E-state index in [0.29, 0.717) is 17.1 Å². The number of anilines is 1. The van der Waals surface area contributed by atoms with Crippen molar-refractivity contribution in [3.8, 4) is 11.5 Å².